The minimum atomic E-state index is 0.0622. The summed E-state index contributed by atoms with van der Waals surface area (Å²) in [5.74, 6) is 0.162. The van der Waals surface area contributed by atoms with Crippen LogP contribution in [0, 0.1) is 0 Å². The molecule has 0 spiro atoms. The number of aromatic nitrogens is 2. The van der Waals surface area contributed by atoms with Gasteiger partial charge in [-0.15, -0.1) is 0 Å². The molecule has 0 aliphatic rings. The van der Waals surface area contributed by atoms with Crippen LogP contribution in [0.5, 0.6) is 11.5 Å². The second-order valence-corrected chi connectivity index (χ2v) is 8.53. The molecule has 146 valence electrons. The lowest BCUT2D eigenvalue weighted by molar-refractivity contribution is 0.474. The lowest BCUT2D eigenvalue weighted by Gasteiger charge is -2.19. The SMILES string of the molecule is Oc1c(Br)cc2c(c1-c1ccccn1)c(-c1ccccn1)c(O)c1c(Br)cccc12. The van der Waals surface area contributed by atoms with Crippen LogP contribution >= 0.6 is 31.9 Å². The topological polar surface area (TPSA) is 66.2 Å². The van der Waals surface area contributed by atoms with Crippen molar-refractivity contribution in [3.05, 3.63) is 82.0 Å². The maximum absolute atomic E-state index is 11.4. The van der Waals surface area contributed by atoms with Crippen LogP contribution in [0.4, 0.5) is 0 Å². The smallest absolute Gasteiger partial charge is 0.139 e. The molecular weight excluding hydrogens is 508 g/mol. The van der Waals surface area contributed by atoms with Crippen LogP contribution in [-0.4, -0.2) is 20.2 Å². The number of nitrogens with zero attached hydrogens (tertiary/aromatic N) is 2. The second-order valence-electron chi connectivity index (χ2n) is 6.82. The molecule has 3 aromatic carbocycles. The van der Waals surface area contributed by atoms with Crippen molar-refractivity contribution in [2.75, 3.05) is 0 Å². The fourth-order valence-corrected chi connectivity index (χ4v) is 4.85. The average Bonchev–Trinajstić information content (AvgIpc) is 2.77. The van der Waals surface area contributed by atoms with E-state index in [0.717, 1.165) is 15.2 Å². The lowest BCUT2D eigenvalue weighted by atomic mass is 9.89. The molecule has 2 aromatic heterocycles. The molecule has 6 heteroatoms. The molecular formula is C24H14Br2N2O2. The number of phenolic OH excluding ortho intramolecular Hbond substituents is 2. The standard InChI is InChI=1S/C24H14Br2N2O2/c25-15-7-5-6-13-14-12-16(26)23(29)21(17-8-1-3-10-27-17)20(14)22(24(30)19(13)15)18-9-2-4-11-28-18/h1-12,29-30H. The zero-order valence-corrected chi connectivity index (χ0v) is 18.6. The second kappa shape index (κ2) is 7.38. The first-order chi connectivity index (χ1) is 14.6. The van der Waals surface area contributed by atoms with Gasteiger partial charge in [-0.2, -0.15) is 0 Å². The maximum Gasteiger partial charge on any atom is 0.139 e. The Hall–Kier alpha value is -2.96. The van der Waals surface area contributed by atoms with E-state index in [0.29, 0.717) is 37.8 Å². The van der Waals surface area contributed by atoms with Gasteiger partial charge in [0.1, 0.15) is 11.5 Å². The summed E-state index contributed by atoms with van der Waals surface area (Å²) in [4.78, 5) is 8.97. The number of fused-ring (bicyclic) bond motifs is 3. The minimum Gasteiger partial charge on any atom is -0.507 e. The molecule has 0 saturated carbocycles. The van der Waals surface area contributed by atoms with Gasteiger partial charge < -0.3 is 10.2 Å². The Morgan fingerprint density at radius 2 is 1.23 bits per heavy atom. The number of phenols is 2. The van der Waals surface area contributed by atoms with E-state index in [-0.39, 0.29) is 11.5 Å². The summed E-state index contributed by atoms with van der Waals surface area (Å²) in [7, 11) is 0. The van der Waals surface area contributed by atoms with E-state index in [1.807, 2.05) is 60.7 Å². The molecule has 5 rings (SSSR count). The van der Waals surface area contributed by atoms with Gasteiger partial charge in [0.15, 0.2) is 0 Å². The van der Waals surface area contributed by atoms with Gasteiger partial charge in [0.25, 0.3) is 0 Å². The molecule has 0 atom stereocenters. The highest BCUT2D eigenvalue weighted by atomic mass is 79.9. The number of pyridine rings is 2. The molecule has 0 aliphatic heterocycles. The van der Waals surface area contributed by atoms with Crippen molar-refractivity contribution in [3.8, 4) is 34.0 Å². The number of halogens is 2. The van der Waals surface area contributed by atoms with Crippen molar-refractivity contribution in [2.24, 2.45) is 0 Å². The normalized spacial score (nSPS) is 11.3. The molecule has 2 heterocycles. The Kier molecular flexibility index (Phi) is 4.68. The molecule has 0 aliphatic carbocycles. The minimum absolute atomic E-state index is 0.0622. The molecule has 0 radical (unpaired) electrons. The molecule has 4 nitrogen and oxygen atoms in total. The zero-order chi connectivity index (χ0) is 20.8. The van der Waals surface area contributed by atoms with Gasteiger partial charge in [0, 0.05) is 27.6 Å². The van der Waals surface area contributed by atoms with Gasteiger partial charge in [0.2, 0.25) is 0 Å². The van der Waals surface area contributed by atoms with Gasteiger partial charge in [-0.25, -0.2) is 0 Å². The molecule has 0 unspecified atom stereocenters. The van der Waals surface area contributed by atoms with E-state index < -0.39 is 0 Å². The van der Waals surface area contributed by atoms with Crippen LogP contribution < -0.4 is 0 Å². The quantitative estimate of drug-likeness (QED) is 0.244. The summed E-state index contributed by atoms with van der Waals surface area (Å²) in [6, 6.07) is 18.7. The molecule has 30 heavy (non-hydrogen) atoms. The van der Waals surface area contributed by atoms with Gasteiger partial charge in [-0.05, 0) is 63.1 Å². The number of hydrogen-bond acceptors (Lipinski definition) is 4. The van der Waals surface area contributed by atoms with Crippen molar-refractivity contribution < 1.29 is 10.2 Å². The average molecular weight is 522 g/mol. The van der Waals surface area contributed by atoms with Gasteiger partial charge in [0.05, 0.1) is 27.0 Å². The molecule has 0 saturated heterocycles. The maximum atomic E-state index is 11.4. The third-order valence-corrected chi connectivity index (χ3v) is 6.39. The first-order valence-electron chi connectivity index (χ1n) is 9.19. The number of rotatable bonds is 2. The summed E-state index contributed by atoms with van der Waals surface area (Å²) in [5.41, 5.74) is 2.30. The van der Waals surface area contributed by atoms with Gasteiger partial charge in [-0.1, -0.05) is 40.2 Å². The predicted octanol–water partition coefficient (Wildman–Crippen LogP) is 7.05. The molecule has 0 fully saturated rings. The first-order valence-corrected chi connectivity index (χ1v) is 10.8. The third kappa shape index (κ3) is 2.87. The summed E-state index contributed by atoms with van der Waals surface area (Å²) in [6.07, 6.45) is 3.36. The Labute approximate surface area is 189 Å². The number of benzene rings is 3. The Morgan fingerprint density at radius 3 is 1.83 bits per heavy atom. The van der Waals surface area contributed by atoms with Gasteiger partial charge >= 0.3 is 0 Å². The van der Waals surface area contributed by atoms with Crippen LogP contribution in [0.15, 0.2) is 82.0 Å². The molecule has 0 bridgehead atoms. The van der Waals surface area contributed by atoms with E-state index in [1.54, 1.807) is 12.4 Å². The monoisotopic (exact) mass is 520 g/mol. The Bertz CT molecular complexity index is 1420. The molecule has 2 N–H and O–H groups in total. The zero-order valence-electron chi connectivity index (χ0n) is 15.5. The molecule has 5 aromatic rings. The molecule has 0 amide bonds. The fraction of sp³-hybridized carbons (Fsp3) is 0. The largest absolute Gasteiger partial charge is 0.507 e. The summed E-state index contributed by atoms with van der Waals surface area (Å²) in [6.45, 7) is 0. The Morgan fingerprint density at radius 1 is 0.600 bits per heavy atom. The first kappa shape index (κ1) is 19.0. The Balaban J connectivity index is 2.12. The summed E-state index contributed by atoms with van der Waals surface area (Å²) < 4.78 is 1.33. The highest BCUT2D eigenvalue weighted by Crippen LogP contribution is 2.51. The highest BCUT2D eigenvalue weighted by molar-refractivity contribution is 9.11. The van der Waals surface area contributed by atoms with Crippen molar-refractivity contribution in [2.45, 2.75) is 0 Å². The van der Waals surface area contributed by atoms with E-state index in [9.17, 15) is 10.2 Å². The van der Waals surface area contributed by atoms with E-state index in [2.05, 4.69) is 41.8 Å². The highest BCUT2D eigenvalue weighted by Gasteiger charge is 2.24. The summed E-state index contributed by atoms with van der Waals surface area (Å²) >= 11 is 7.08. The van der Waals surface area contributed by atoms with E-state index in [1.165, 1.54) is 0 Å². The predicted molar refractivity (Wildman–Crippen MR) is 127 cm³/mol. The lowest BCUT2D eigenvalue weighted by Crippen LogP contribution is -1.94. The van der Waals surface area contributed by atoms with E-state index in [4.69, 9.17) is 0 Å². The van der Waals surface area contributed by atoms with Crippen LogP contribution in [0.3, 0.4) is 0 Å². The fourth-order valence-electron chi connectivity index (χ4n) is 3.86. The van der Waals surface area contributed by atoms with Crippen molar-refractivity contribution in [1.29, 1.82) is 0 Å². The van der Waals surface area contributed by atoms with Crippen LogP contribution in [-0.2, 0) is 0 Å². The van der Waals surface area contributed by atoms with Crippen molar-refractivity contribution >= 4 is 53.4 Å². The van der Waals surface area contributed by atoms with E-state index >= 15 is 0 Å². The van der Waals surface area contributed by atoms with Crippen LogP contribution in [0.25, 0.3) is 44.1 Å². The summed E-state index contributed by atoms with van der Waals surface area (Å²) in [5, 5.41) is 25.6. The van der Waals surface area contributed by atoms with Crippen LogP contribution in [0.1, 0.15) is 0 Å². The third-order valence-electron chi connectivity index (χ3n) is 5.12. The van der Waals surface area contributed by atoms with Crippen molar-refractivity contribution in [3.63, 3.8) is 0 Å². The van der Waals surface area contributed by atoms with Gasteiger partial charge in [-0.3, -0.25) is 9.97 Å². The number of hydrogen-bond donors (Lipinski definition) is 2. The number of aromatic hydroxyl groups is 2. The van der Waals surface area contributed by atoms with Crippen molar-refractivity contribution in [1.82, 2.24) is 9.97 Å². The van der Waals surface area contributed by atoms with Crippen LogP contribution in [0.2, 0.25) is 0 Å².